The van der Waals surface area contributed by atoms with Crippen molar-refractivity contribution in [1.29, 1.82) is 0 Å². The van der Waals surface area contributed by atoms with Crippen LogP contribution in [-0.2, 0) is 24.3 Å². The minimum atomic E-state index is -0.191. The van der Waals surface area contributed by atoms with E-state index in [-0.39, 0.29) is 11.9 Å². The standard InChI is InChI=1S/C35H55N3O/c1-29(2)15-7-5-12-21-34(37-28-33-20-13-14-26-36-33)35(39)38-27-32-24-22-31(23-25-32)19-9-4-3-8-16-30-17-10-6-11-18-30/h13-14,20,22-26,29-30,34,37H,3-12,15-19,21,27-28H2,1-2H3,(H,38,39)/t34-/m0/s1. The zero-order valence-corrected chi connectivity index (χ0v) is 24.9. The number of carbonyl (C=O) groups excluding carboxylic acids is 1. The van der Waals surface area contributed by atoms with E-state index in [4.69, 9.17) is 0 Å². The highest BCUT2D eigenvalue weighted by atomic mass is 16.2. The van der Waals surface area contributed by atoms with Crippen molar-refractivity contribution >= 4 is 5.91 Å². The van der Waals surface area contributed by atoms with Crippen LogP contribution < -0.4 is 10.6 Å². The van der Waals surface area contributed by atoms with Crippen molar-refractivity contribution in [3.63, 3.8) is 0 Å². The van der Waals surface area contributed by atoms with Gasteiger partial charge in [-0.15, -0.1) is 0 Å². The second-order valence-corrected chi connectivity index (χ2v) is 12.3. The Morgan fingerprint density at radius 2 is 1.54 bits per heavy atom. The average Bonchev–Trinajstić information content (AvgIpc) is 2.96. The third-order valence-corrected chi connectivity index (χ3v) is 8.39. The van der Waals surface area contributed by atoms with E-state index in [1.54, 1.807) is 6.20 Å². The third-order valence-electron chi connectivity index (χ3n) is 8.39. The fourth-order valence-corrected chi connectivity index (χ4v) is 5.86. The summed E-state index contributed by atoms with van der Waals surface area (Å²) >= 11 is 0. The molecule has 2 N–H and O–H groups in total. The van der Waals surface area contributed by atoms with Crippen LogP contribution in [0.1, 0.15) is 127 Å². The van der Waals surface area contributed by atoms with E-state index >= 15 is 0 Å². The molecule has 4 nitrogen and oxygen atoms in total. The number of unbranched alkanes of at least 4 members (excludes halogenated alkanes) is 5. The first kappa shape index (κ1) is 31.3. The van der Waals surface area contributed by atoms with Crippen LogP contribution in [0.4, 0.5) is 0 Å². The largest absolute Gasteiger partial charge is 0.351 e. The minimum absolute atomic E-state index is 0.0899. The second-order valence-electron chi connectivity index (χ2n) is 12.3. The number of nitrogens with one attached hydrogen (secondary N) is 2. The summed E-state index contributed by atoms with van der Waals surface area (Å²) in [5.41, 5.74) is 3.54. The van der Waals surface area contributed by atoms with Crippen LogP contribution in [0.15, 0.2) is 48.7 Å². The summed E-state index contributed by atoms with van der Waals surface area (Å²) in [5, 5.41) is 6.65. The molecule has 1 aromatic carbocycles. The van der Waals surface area contributed by atoms with E-state index in [1.165, 1.54) is 94.6 Å². The molecule has 0 unspecified atom stereocenters. The predicted octanol–water partition coefficient (Wildman–Crippen LogP) is 8.54. The molecule has 1 aliphatic carbocycles. The first-order valence-electron chi connectivity index (χ1n) is 16.1. The molecule has 1 aromatic heterocycles. The molecule has 1 saturated carbocycles. The van der Waals surface area contributed by atoms with Crippen LogP contribution in [0.25, 0.3) is 0 Å². The molecule has 1 aliphatic rings. The summed E-state index contributed by atoms with van der Waals surface area (Å²) in [7, 11) is 0. The van der Waals surface area contributed by atoms with E-state index in [2.05, 4.69) is 53.7 Å². The Labute approximate surface area is 239 Å². The van der Waals surface area contributed by atoms with Gasteiger partial charge >= 0.3 is 0 Å². The van der Waals surface area contributed by atoms with Gasteiger partial charge in [-0.05, 0) is 54.4 Å². The fraction of sp³-hybridized carbons (Fsp3) is 0.657. The zero-order chi connectivity index (χ0) is 27.5. The minimum Gasteiger partial charge on any atom is -0.351 e. The molecule has 0 bridgehead atoms. The van der Waals surface area contributed by atoms with Crippen molar-refractivity contribution in [2.24, 2.45) is 11.8 Å². The summed E-state index contributed by atoms with van der Waals surface area (Å²) < 4.78 is 0. The zero-order valence-electron chi connectivity index (χ0n) is 24.9. The maximum atomic E-state index is 13.1. The van der Waals surface area contributed by atoms with Gasteiger partial charge in [-0.25, -0.2) is 0 Å². The topological polar surface area (TPSA) is 54.0 Å². The van der Waals surface area contributed by atoms with Gasteiger partial charge in [0, 0.05) is 19.3 Å². The van der Waals surface area contributed by atoms with Gasteiger partial charge in [0.05, 0.1) is 11.7 Å². The smallest absolute Gasteiger partial charge is 0.237 e. The molecule has 1 atom stereocenters. The van der Waals surface area contributed by atoms with E-state index < -0.39 is 0 Å². The molecule has 1 fully saturated rings. The SMILES string of the molecule is CC(C)CCCCC[C@H](NCc1ccccn1)C(=O)NCc1ccc(CCCCCCC2CCCCC2)cc1. The number of hydrogen-bond acceptors (Lipinski definition) is 3. The third kappa shape index (κ3) is 13.6. The predicted molar refractivity (Wildman–Crippen MR) is 164 cm³/mol. The van der Waals surface area contributed by atoms with Gasteiger partial charge in [0.2, 0.25) is 5.91 Å². The summed E-state index contributed by atoms with van der Waals surface area (Å²) in [5.74, 6) is 1.86. The van der Waals surface area contributed by atoms with Gasteiger partial charge in [-0.3, -0.25) is 9.78 Å². The van der Waals surface area contributed by atoms with Crippen molar-refractivity contribution in [2.45, 2.75) is 136 Å². The lowest BCUT2D eigenvalue weighted by Gasteiger charge is -2.21. The van der Waals surface area contributed by atoms with Crippen molar-refractivity contribution < 1.29 is 4.79 Å². The van der Waals surface area contributed by atoms with Crippen LogP contribution >= 0.6 is 0 Å². The average molecular weight is 534 g/mol. The van der Waals surface area contributed by atoms with Crippen LogP contribution in [0.3, 0.4) is 0 Å². The first-order chi connectivity index (χ1) is 19.1. The number of hydrogen-bond donors (Lipinski definition) is 2. The van der Waals surface area contributed by atoms with E-state index in [9.17, 15) is 4.79 Å². The number of pyridine rings is 1. The number of benzene rings is 1. The number of amides is 1. The highest BCUT2D eigenvalue weighted by Crippen LogP contribution is 2.28. The molecular formula is C35H55N3O. The Kier molecular flexibility index (Phi) is 15.2. The van der Waals surface area contributed by atoms with Crippen molar-refractivity contribution in [1.82, 2.24) is 15.6 Å². The van der Waals surface area contributed by atoms with Crippen molar-refractivity contribution in [2.75, 3.05) is 0 Å². The Balaban J connectivity index is 1.35. The molecule has 0 radical (unpaired) electrons. The molecule has 2 aromatic rings. The molecule has 1 heterocycles. The molecule has 1 amide bonds. The van der Waals surface area contributed by atoms with Gasteiger partial charge in [-0.2, -0.15) is 0 Å². The maximum Gasteiger partial charge on any atom is 0.237 e. The number of rotatable bonds is 19. The van der Waals surface area contributed by atoms with Crippen LogP contribution in [0.5, 0.6) is 0 Å². The highest BCUT2D eigenvalue weighted by Gasteiger charge is 2.18. The van der Waals surface area contributed by atoms with E-state index in [1.807, 2.05) is 18.2 Å². The lowest BCUT2D eigenvalue weighted by atomic mass is 9.85. The lowest BCUT2D eigenvalue weighted by Crippen LogP contribution is -2.43. The molecule has 216 valence electrons. The van der Waals surface area contributed by atoms with Crippen LogP contribution in [0.2, 0.25) is 0 Å². The maximum absolute atomic E-state index is 13.1. The number of aryl methyl sites for hydroxylation is 1. The molecule has 39 heavy (non-hydrogen) atoms. The van der Waals surface area contributed by atoms with Crippen LogP contribution in [-0.4, -0.2) is 16.9 Å². The molecule has 3 rings (SSSR count). The normalized spacial score (nSPS) is 14.9. The van der Waals surface area contributed by atoms with Gasteiger partial charge in [-0.1, -0.05) is 128 Å². The molecule has 4 heteroatoms. The monoisotopic (exact) mass is 533 g/mol. The lowest BCUT2D eigenvalue weighted by molar-refractivity contribution is -0.123. The summed E-state index contributed by atoms with van der Waals surface area (Å²) in [4.78, 5) is 17.5. The van der Waals surface area contributed by atoms with Crippen LogP contribution in [0, 0.1) is 11.8 Å². The quantitative estimate of drug-likeness (QED) is 0.178. The van der Waals surface area contributed by atoms with E-state index in [0.29, 0.717) is 13.1 Å². The summed E-state index contributed by atoms with van der Waals surface area (Å²) in [6, 6.07) is 14.6. The fourth-order valence-electron chi connectivity index (χ4n) is 5.86. The Morgan fingerprint density at radius 1 is 0.821 bits per heavy atom. The van der Waals surface area contributed by atoms with Crippen molar-refractivity contribution in [3.8, 4) is 0 Å². The van der Waals surface area contributed by atoms with Gasteiger partial charge in [0.25, 0.3) is 0 Å². The molecule has 0 saturated heterocycles. The summed E-state index contributed by atoms with van der Waals surface area (Å²) in [6.07, 6.45) is 22.8. The Bertz CT molecular complexity index is 890. The van der Waals surface area contributed by atoms with E-state index in [0.717, 1.165) is 36.8 Å². The van der Waals surface area contributed by atoms with Gasteiger partial charge < -0.3 is 10.6 Å². The number of carbonyl (C=O) groups is 1. The number of nitrogens with zero attached hydrogens (tertiary/aromatic N) is 1. The van der Waals surface area contributed by atoms with Gasteiger partial charge in [0.1, 0.15) is 0 Å². The number of aromatic nitrogens is 1. The molecule has 0 aliphatic heterocycles. The van der Waals surface area contributed by atoms with Crippen molar-refractivity contribution in [3.05, 3.63) is 65.5 Å². The summed E-state index contributed by atoms with van der Waals surface area (Å²) in [6.45, 7) is 5.74. The second kappa shape index (κ2) is 19.0. The highest BCUT2D eigenvalue weighted by molar-refractivity contribution is 5.81. The molecular weight excluding hydrogens is 478 g/mol. The molecule has 0 spiro atoms. The Morgan fingerprint density at radius 3 is 2.28 bits per heavy atom. The Hall–Kier alpha value is -2.20. The first-order valence-corrected chi connectivity index (χ1v) is 16.1. The van der Waals surface area contributed by atoms with Gasteiger partial charge in [0.15, 0.2) is 0 Å².